The number of hydrogen-bond donors (Lipinski definition) is 1. The summed E-state index contributed by atoms with van der Waals surface area (Å²) in [6, 6.07) is 16.3. The van der Waals surface area contributed by atoms with E-state index >= 15 is 0 Å². The van der Waals surface area contributed by atoms with E-state index < -0.39 is 0 Å². The molecular formula is C30H40N2O3. The first-order chi connectivity index (χ1) is 17.0. The SMILES string of the molecule is CCOCCN(C)CC12Cc3ccc(O)cc3C13CCCC23CCCN(C=O)Cc1ccccc1. The summed E-state index contributed by atoms with van der Waals surface area (Å²) in [6.45, 7) is 7.05. The smallest absolute Gasteiger partial charge is 0.210 e. The second-order valence-electron chi connectivity index (χ2n) is 11.0. The van der Waals surface area contributed by atoms with Crippen LogP contribution in [0.1, 0.15) is 55.7 Å². The van der Waals surface area contributed by atoms with Crippen LogP contribution in [0.15, 0.2) is 48.5 Å². The second-order valence-corrected chi connectivity index (χ2v) is 11.0. The van der Waals surface area contributed by atoms with Gasteiger partial charge in [0.2, 0.25) is 6.41 Å². The molecule has 0 bridgehead atoms. The number of fused-ring (bicyclic) bond motifs is 2. The average Bonchev–Trinajstić information content (AvgIpc) is 3.14. The number of carbonyl (C=O) groups is 1. The van der Waals surface area contributed by atoms with Crippen LogP contribution in [-0.4, -0.2) is 61.2 Å². The van der Waals surface area contributed by atoms with Crippen molar-refractivity contribution in [2.75, 3.05) is 39.9 Å². The molecule has 35 heavy (non-hydrogen) atoms. The van der Waals surface area contributed by atoms with Crippen LogP contribution in [0.2, 0.25) is 0 Å². The Kier molecular flexibility index (Phi) is 6.67. The van der Waals surface area contributed by atoms with Gasteiger partial charge < -0.3 is 19.6 Å². The Morgan fingerprint density at radius 1 is 1.09 bits per heavy atom. The Bertz CT molecular complexity index is 1040. The van der Waals surface area contributed by atoms with E-state index in [0.717, 1.165) is 58.5 Å². The maximum atomic E-state index is 11.8. The molecule has 3 atom stereocenters. The third kappa shape index (κ3) is 3.79. The summed E-state index contributed by atoms with van der Waals surface area (Å²) in [5.41, 5.74) is 4.67. The molecule has 5 nitrogen and oxygen atoms in total. The third-order valence-electron chi connectivity index (χ3n) is 9.48. The van der Waals surface area contributed by atoms with E-state index in [2.05, 4.69) is 43.1 Å². The van der Waals surface area contributed by atoms with Crippen LogP contribution in [0.5, 0.6) is 5.75 Å². The normalized spacial score (nSPS) is 28.0. The van der Waals surface area contributed by atoms with E-state index in [1.165, 1.54) is 36.0 Å². The van der Waals surface area contributed by atoms with E-state index in [0.29, 0.717) is 12.3 Å². The van der Waals surface area contributed by atoms with Crippen LogP contribution >= 0.6 is 0 Å². The van der Waals surface area contributed by atoms with Gasteiger partial charge in [-0.25, -0.2) is 0 Å². The molecule has 1 amide bonds. The van der Waals surface area contributed by atoms with E-state index in [1.807, 2.05) is 29.2 Å². The summed E-state index contributed by atoms with van der Waals surface area (Å²) >= 11 is 0. The first-order valence-electron chi connectivity index (χ1n) is 13.3. The molecule has 3 aliphatic rings. The number of ether oxygens (including phenoxy) is 1. The average molecular weight is 477 g/mol. The Morgan fingerprint density at radius 2 is 1.91 bits per heavy atom. The minimum Gasteiger partial charge on any atom is -0.508 e. The van der Waals surface area contributed by atoms with Crippen molar-refractivity contribution in [2.45, 2.75) is 57.4 Å². The molecule has 1 N–H and O–H groups in total. The first-order valence-corrected chi connectivity index (χ1v) is 13.3. The second kappa shape index (κ2) is 9.59. The van der Waals surface area contributed by atoms with Crippen molar-refractivity contribution in [1.29, 1.82) is 0 Å². The minimum atomic E-state index is 0.166. The highest BCUT2D eigenvalue weighted by atomic mass is 16.5. The Morgan fingerprint density at radius 3 is 2.69 bits per heavy atom. The van der Waals surface area contributed by atoms with Gasteiger partial charge in [0.25, 0.3) is 0 Å². The fourth-order valence-electron chi connectivity index (χ4n) is 8.32. The third-order valence-corrected chi connectivity index (χ3v) is 9.48. The molecule has 3 unspecified atom stereocenters. The van der Waals surface area contributed by atoms with Gasteiger partial charge in [0.1, 0.15) is 5.75 Å². The largest absolute Gasteiger partial charge is 0.508 e. The van der Waals surface area contributed by atoms with Crippen molar-refractivity contribution in [1.82, 2.24) is 9.80 Å². The topological polar surface area (TPSA) is 53.0 Å². The molecule has 0 radical (unpaired) electrons. The summed E-state index contributed by atoms with van der Waals surface area (Å²) in [5, 5.41) is 10.4. The molecular weight excluding hydrogens is 436 g/mol. The van der Waals surface area contributed by atoms with Gasteiger partial charge in [0.05, 0.1) is 6.61 Å². The highest BCUT2D eigenvalue weighted by molar-refractivity contribution is 5.60. The van der Waals surface area contributed by atoms with Gasteiger partial charge in [-0.3, -0.25) is 4.79 Å². The van der Waals surface area contributed by atoms with Crippen LogP contribution < -0.4 is 0 Å². The zero-order chi connectivity index (χ0) is 24.5. The van der Waals surface area contributed by atoms with Crippen LogP contribution in [0.4, 0.5) is 0 Å². The van der Waals surface area contributed by atoms with Crippen LogP contribution in [0, 0.1) is 10.8 Å². The lowest BCUT2D eigenvalue weighted by Gasteiger charge is -2.31. The molecule has 1 spiro atoms. The molecule has 2 fully saturated rings. The van der Waals surface area contributed by atoms with Crippen LogP contribution in [0.3, 0.4) is 0 Å². The van der Waals surface area contributed by atoms with Crippen molar-refractivity contribution in [2.24, 2.45) is 10.8 Å². The maximum absolute atomic E-state index is 11.8. The van der Waals surface area contributed by atoms with Gasteiger partial charge in [-0.2, -0.15) is 0 Å². The van der Waals surface area contributed by atoms with Gasteiger partial charge in [0.15, 0.2) is 0 Å². The molecule has 2 saturated carbocycles. The van der Waals surface area contributed by atoms with E-state index in [-0.39, 0.29) is 16.2 Å². The predicted molar refractivity (Wildman–Crippen MR) is 138 cm³/mol. The Balaban J connectivity index is 1.34. The van der Waals surface area contributed by atoms with Crippen LogP contribution in [-0.2, 0) is 27.9 Å². The van der Waals surface area contributed by atoms with E-state index in [1.54, 1.807) is 0 Å². The van der Waals surface area contributed by atoms with Crippen molar-refractivity contribution in [3.05, 3.63) is 65.2 Å². The lowest BCUT2D eigenvalue weighted by Crippen LogP contribution is -2.35. The van der Waals surface area contributed by atoms with Crippen LogP contribution in [0.25, 0.3) is 0 Å². The van der Waals surface area contributed by atoms with Gasteiger partial charge in [-0.05, 0) is 80.3 Å². The van der Waals surface area contributed by atoms with Gasteiger partial charge in [-0.1, -0.05) is 42.8 Å². The first kappa shape index (κ1) is 24.3. The number of carbonyl (C=O) groups excluding carboxylic acids is 1. The number of benzene rings is 2. The number of phenols is 1. The van der Waals surface area contributed by atoms with Crippen molar-refractivity contribution >= 4 is 6.41 Å². The summed E-state index contributed by atoms with van der Waals surface area (Å²) in [5.74, 6) is 0.390. The number of phenolic OH excluding ortho intramolecular Hbond substituents is 1. The Hall–Kier alpha value is -2.37. The summed E-state index contributed by atoms with van der Waals surface area (Å²) in [7, 11) is 2.23. The fourth-order valence-corrected chi connectivity index (χ4v) is 8.32. The Labute approximate surface area is 210 Å². The molecule has 0 saturated heterocycles. The quantitative estimate of drug-likeness (QED) is 0.334. The molecule has 2 aromatic rings. The highest BCUT2D eigenvalue weighted by Gasteiger charge is 2.89. The molecule has 5 rings (SSSR count). The highest BCUT2D eigenvalue weighted by Crippen LogP contribution is 2.90. The molecule has 3 aliphatic carbocycles. The number of nitrogens with zero attached hydrogens (tertiary/aromatic N) is 2. The molecule has 0 heterocycles. The summed E-state index contributed by atoms with van der Waals surface area (Å²) in [4.78, 5) is 16.2. The monoisotopic (exact) mass is 476 g/mol. The zero-order valence-corrected chi connectivity index (χ0v) is 21.3. The number of aromatic hydroxyl groups is 1. The summed E-state index contributed by atoms with van der Waals surface area (Å²) < 4.78 is 5.65. The lowest BCUT2D eigenvalue weighted by atomic mass is 9.80. The molecule has 0 aliphatic heterocycles. The van der Waals surface area contributed by atoms with Gasteiger partial charge >= 0.3 is 0 Å². The van der Waals surface area contributed by atoms with Gasteiger partial charge in [-0.15, -0.1) is 0 Å². The number of rotatable bonds is 13. The number of hydrogen-bond acceptors (Lipinski definition) is 4. The van der Waals surface area contributed by atoms with E-state index in [9.17, 15) is 9.90 Å². The van der Waals surface area contributed by atoms with E-state index in [4.69, 9.17) is 4.74 Å². The molecule has 0 aromatic heterocycles. The van der Waals surface area contributed by atoms with Crippen molar-refractivity contribution in [3.63, 3.8) is 0 Å². The zero-order valence-electron chi connectivity index (χ0n) is 21.3. The number of likely N-dealkylation sites (N-methyl/N-ethyl adjacent to an activating group) is 1. The fraction of sp³-hybridized carbons (Fsp3) is 0.567. The minimum absolute atomic E-state index is 0.166. The number of amides is 1. The standard InChI is InChI=1S/C30H40N2O3/c1-3-35-18-17-31(2)22-29-20-25-11-12-26(34)19-27(25)30(29)15-7-13-28(29,30)14-8-16-32(23-33)21-24-9-5-4-6-10-24/h4-6,9-12,19,23,34H,3,7-8,13-18,20-22H2,1-2H3. The predicted octanol–water partition coefficient (Wildman–Crippen LogP) is 4.76. The lowest BCUT2D eigenvalue weighted by molar-refractivity contribution is -0.118. The molecule has 2 aromatic carbocycles. The molecule has 188 valence electrons. The molecule has 5 heteroatoms. The summed E-state index contributed by atoms with van der Waals surface area (Å²) in [6.07, 6.45) is 7.98. The van der Waals surface area contributed by atoms with Gasteiger partial charge in [0, 0.05) is 43.6 Å². The maximum Gasteiger partial charge on any atom is 0.210 e. The van der Waals surface area contributed by atoms with Crippen molar-refractivity contribution < 1.29 is 14.6 Å². The van der Waals surface area contributed by atoms with Crippen molar-refractivity contribution in [3.8, 4) is 5.75 Å².